The summed E-state index contributed by atoms with van der Waals surface area (Å²) >= 11 is 0. The van der Waals surface area contributed by atoms with E-state index in [4.69, 9.17) is 0 Å². The van der Waals surface area contributed by atoms with E-state index in [1.54, 1.807) is 37.4 Å². The maximum Gasteiger partial charge on any atom is 0.417 e. The number of benzene rings is 2. The van der Waals surface area contributed by atoms with Gasteiger partial charge in [0.25, 0.3) is 11.8 Å². The molecular formula is C26H20F3N7O3. The number of nitrogens with one attached hydrogen (secondary N) is 3. The quantitative estimate of drug-likeness (QED) is 0.324. The number of urea groups is 1. The number of carbonyl (C=O) groups is 3. The standard InChI is InChI=1S/C26H20F3N7O3/c1-36-10-9-18(35-36)16-11-15(7-8-17(16)26(27,28)29)23(37)31-20-13-30-21(12-19-24(38)34-25(39)32-19)33-22(20)14-5-3-2-4-6-14/h2-11,13,19H,12H2,1H3,(H,31,37)(H2,32,34,38,39)/t19-/m0/s1. The van der Waals surface area contributed by atoms with Crippen LogP contribution < -0.4 is 16.0 Å². The average molecular weight is 535 g/mol. The summed E-state index contributed by atoms with van der Waals surface area (Å²) in [5, 5.41) is 11.4. The number of imide groups is 1. The van der Waals surface area contributed by atoms with E-state index in [1.165, 1.54) is 23.1 Å². The van der Waals surface area contributed by atoms with Gasteiger partial charge in [-0.3, -0.25) is 19.6 Å². The van der Waals surface area contributed by atoms with Crippen molar-refractivity contribution in [3.63, 3.8) is 0 Å². The fourth-order valence-corrected chi connectivity index (χ4v) is 4.11. The second kappa shape index (κ2) is 10.0. The van der Waals surface area contributed by atoms with Crippen LogP contribution >= 0.6 is 0 Å². The van der Waals surface area contributed by atoms with Crippen molar-refractivity contribution in [2.24, 2.45) is 7.05 Å². The van der Waals surface area contributed by atoms with Gasteiger partial charge >= 0.3 is 12.2 Å². The lowest BCUT2D eigenvalue weighted by atomic mass is 10.0. The van der Waals surface area contributed by atoms with Gasteiger partial charge in [0.2, 0.25) is 0 Å². The highest BCUT2D eigenvalue weighted by molar-refractivity contribution is 6.06. The van der Waals surface area contributed by atoms with E-state index < -0.39 is 35.6 Å². The summed E-state index contributed by atoms with van der Waals surface area (Å²) in [6, 6.07) is 11.9. The minimum Gasteiger partial charge on any atom is -0.326 e. The summed E-state index contributed by atoms with van der Waals surface area (Å²) in [4.78, 5) is 45.3. The molecule has 13 heteroatoms. The summed E-state index contributed by atoms with van der Waals surface area (Å²) < 4.78 is 42.4. The van der Waals surface area contributed by atoms with Crippen LogP contribution in [0.4, 0.5) is 23.7 Å². The Hall–Kier alpha value is -5.07. The van der Waals surface area contributed by atoms with Crippen LogP contribution in [0, 0.1) is 0 Å². The third-order valence-electron chi connectivity index (χ3n) is 5.96. The first-order valence-electron chi connectivity index (χ1n) is 11.6. The lowest BCUT2D eigenvalue weighted by molar-refractivity contribution is -0.137. The molecule has 10 nitrogen and oxygen atoms in total. The molecule has 2 aromatic heterocycles. The van der Waals surface area contributed by atoms with Crippen LogP contribution in [0.1, 0.15) is 21.7 Å². The molecule has 1 aliphatic rings. The van der Waals surface area contributed by atoms with Gasteiger partial charge in [-0.2, -0.15) is 18.3 Å². The molecule has 3 heterocycles. The van der Waals surface area contributed by atoms with Crippen LogP contribution in [0.25, 0.3) is 22.5 Å². The molecule has 39 heavy (non-hydrogen) atoms. The van der Waals surface area contributed by atoms with Crippen LogP contribution in [-0.2, 0) is 24.4 Å². The zero-order valence-electron chi connectivity index (χ0n) is 20.3. The van der Waals surface area contributed by atoms with Gasteiger partial charge in [0.15, 0.2) is 0 Å². The van der Waals surface area contributed by atoms with Gasteiger partial charge in [0.1, 0.15) is 11.9 Å². The molecule has 1 atom stereocenters. The third kappa shape index (κ3) is 5.46. The van der Waals surface area contributed by atoms with Crippen molar-refractivity contribution >= 4 is 23.5 Å². The van der Waals surface area contributed by atoms with Crippen molar-refractivity contribution in [1.29, 1.82) is 0 Å². The Morgan fingerprint density at radius 1 is 1.10 bits per heavy atom. The number of hydrogen-bond acceptors (Lipinski definition) is 6. The first kappa shape index (κ1) is 25.6. The van der Waals surface area contributed by atoms with E-state index in [0.29, 0.717) is 11.3 Å². The number of alkyl halides is 3. The van der Waals surface area contributed by atoms with Crippen molar-refractivity contribution in [2.45, 2.75) is 18.6 Å². The lowest BCUT2D eigenvalue weighted by Crippen LogP contribution is -2.31. The Kier molecular flexibility index (Phi) is 6.56. The summed E-state index contributed by atoms with van der Waals surface area (Å²) in [6.07, 6.45) is -1.78. The molecule has 1 saturated heterocycles. The Morgan fingerprint density at radius 3 is 2.51 bits per heavy atom. The maximum atomic E-state index is 13.7. The Morgan fingerprint density at radius 2 is 1.87 bits per heavy atom. The van der Waals surface area contributed by atoms with Crippen LogP contribution in [-0.4, -0.2) is 43.6 Å². The number of carbonyl (C=O) groups excluding carboxylic acids is 3. The maximum absolute atomic E-state index is 13.7. The number of hydrogen-bond donors (Lipinski definition) is 3. The second-order valence-electron chi connectivity index (χ2n) is 8.72. The normalized spacial score (nSPS) is 15.1. The van der Waals surface area contributed by atoms with Crippen LogP contribution in [0.3, 0.4) is 0 Å². The number of halogens is 3. The number of aromatic nitrogens is 4. The van der Waals surface area contributed by atoms with Crippen LogP contribution in [0.2, 0.25) is 0 Å². The molecule has 0 unspecified atom stereocenters. The summed E-state index contributed by atoms with van der Waals surface area (Å²) in [5.41, 5.74) is 0.0425. The van der Waals surface area contributed by atoms with E-state index in [0.717, 1.165) is 18.2 Å². The minimum atomic E-state index is -4.65. The smallest absolute Gasteiger partial charge is 0.326 e. The fourth-order valence-electron chi connectivity index (χ4n) is 4.11. The number of nitrogens with zero attached hydrogens (tertiary/aromatic N) is 4. The summed E-state index contributed by atoms with van der Waals surface area (Å²) in [6.45, 7) is 0. The molecule has 0 saturated carbocycles. The van der Waals surface area contributed by atoms with Gasteiger partial charge in [-0.15, -0.1) is 0 Å². The number of anilines is 1. The van der Waals surface area contributed by atoms with E-state index in [2.05, 4.69) is 31.0 Å². The second-order valence-corrected chi connectivity index (χ2v) is 8.72. The molecule has 1 fully saturated rings. The van der Waals surface area contributed by atoms with Crippen molar-refractivity contribution in [2.75, 3.05) is 5.32 Å². The third-order valence-corrected chi connectivity index (χ3v) is 5.96. The van der Waals surface area contributed by atoms with Crippen LogP contribution in [0.15, 0.2) is 67.0 Å². The van der Waals surface area contributed by atoms with Crippen molar-refractivity contribution in [3.05, 3.63) is 83.9 Å². The first-order chi connectivity index (χ1) is 18.6. The first-order valence-corrected chi connectivity index (χ1v) is 11.6. The van der Waals surface area contributed by atoms with Gasteiger partial charge in [-0.05, 0) is 24.3 Å². The van der Waals surface area contributed by atoms with Gasteiger partial charge in [0, 0.05) is 36.4 Å². The van der Waals surface area contributed by atoms with Crippen LogP contribution in [0.5, 0.6) is 0 Å². The molecule has 0 radical (unpaired) electrons. The van der Waals surface area contributed by atoms with Gasteiger partial charge in [-0.1, -0.05) is 30.3 Å². The molecule has 198 valence electrons. The number of amides is 4. The van der Waals surface area contributed by atoms with Gasteiger partial charge in [0.05, 0.1) is 28.8 Å². The molecule has 4 aromatic rings. The SMILES string of the molecule is Cn1ccc(-c2cc(C(=O)Nc3cnc(C[C@@H]4NC(=O)NC4=O)nc3-c3ccccc3)ccc2C(F)(F)F)n1. The zero-order chi connectivity index (χ0) is 27.7. The predicted octanol–water partition coefficient (Wildman–Crippen LogP) is 3.57. The fraction of sp³-hybridized carbons (Fsp3) is 0.154. The molecule has 5 rings (SSSR count). The molecule has 0 spiro atoms. The Balaban J connectivity index is 1.48. The van der Waals surface area contributed by atoms with Crippen molar-refractivity contribution in [1.82, 2.24) is 30.4 Å². The van der Waals surface area contributed by atoms with E-state index in [1.807, 2.05) is 0 Å². The Bertz CT molecular complexity index is 1590. The van der Waals surface area contributed by atoms with Crippen molar-refractivity contribution in [3.8, 4) is 22.5 Å². The minimum absolute atomic E-state index is 0.0119. The lowest BCUT2D eigenvalue weighted by Gasteiger charge is -2.15. The monoisotopic (exact) mass is 535 g/mol. The average Bonchev–Trinajstić information content (AvgIpc) is 3.48. The number of rotatable bonds is 6. The highest BCUT2D eigenvalue weighted by atomic mass is 19.4. The summed E-state index contributed by atoms with van der Waals surface area (Å²) in [5.74, 6) is -0.953. The molecule has 4 amide bonds. The van der Waals surface area contributed by atoms with Gasteiger partial charge in [-0.25, -0.2) is 14.8 Å². The van der Waals surface area contributed by atoms with E-state index in [-0.39, 0.29) is 34.8 Å². The van der Waals surface area contributed by atoms with E-state index >= 15 is 0 Å². The molecule has 3 N–H and O–H groups in total. The molecule has 2 aromatic carbocycles. The van der Waals surface area contributed by atoms with Crippen molar-refractivity contribution < 1.29 is 27.6 Å². The highest BCUT2D eigenvalue weighted by Crippen LogP contribution is 2.37. The number of aryl methyl sites for hydroxylation is 1. The molecular weight excluding hydrogens is 515 g/mol. The topological polar surface area (TPSA) is 131 Å². The zero-order valence-corrected chi connectivity index (χ0v) is 20.3. The molecule has 1 aliphatic heterocycles. The van der Waals surface area contributed by atoms with Gasteiger partial charge < -0.3 is 10.6 Å². The molecule has 0 aliphatic carbocycles. The highest BCUT2D eigenvalue weighted by Gasteiger charge is 2.35. The Labute approximate surface area is 219 Å². The van der Waals surface area contributed by atoms with E-state index in [9.17, 15) is 27.6 Å². The largest absolute Gasteiger partial charge is 0.417 e. The summed E-state index contributed by atoms with van der Waals surface area (Å²) in [7, 11) is 1.58. The molecule has 0 bridgehead atoms. The predicted molar refractivity (Wildman–Crippen MR) is 133 cm³/mol.